The van der Waals surface area contributed by atoms with E-state index >= 15 is 0 Å². The first kappa shape index (κ1) is 12.3. The van der Waals surface area contributed by atoms with E-state index in [1.165, 1.54) is 6.07 Å². The molecule has 0 radical (unpaired) electrons. The van der Waals surface area contributed by atoms with Crippen LogP contribution in [0.1, 0.15) is 0 Å². The second-order valence-corrected chi connectivity index (χ2v) is 4.36. The number of nitrogens with zero attached hydrogens (tertiary/aromatic N) is 4. The highest BCUT2D eigenvalue weighted by Crippen LogP contribution is 2.35. The van der Waals surface area contributed by atoms with E-state index in [-0.39, 0.29) is 0 Å². The lowest BCUT2D eigenvalue weighted by molar-refractivity contribution is 0.622. The van der Waals surface area contributed by atoms with Gasteiger partial charge in [-0.3, -0.25) is 14.6 Å². The molecule has 0 saturated heterocycles. The summed E-state index contributed by atoms with van der Waals surface area (Å²) in [5.41, 5.74) is 8.90. The van der Waals surface area contributed by atoms with Crippen LogP contribution in [0.4, 0.5) is 10.2 Å². The first-order valence-electron chi connectivity index (χ1n) is 6.00. The molecule has 0 unspecified atom stereocenters. The van der Waals surface area contributed by atoms with Crippen LogP contribution in [0.3, 0.4) is 0 Å². The highest BCUT2D eigenvalue weighted by molar-refractivity contribution is 5.87. The minimum absolute atomic E-state index is 0.410. The molecule has 100 valence electrons. The Labute approximate surface area is 114 Å². The zero-order valence-corrected chi connectivity index (χ0v) is 10.8. The van der Waals surface area contributed by atoms with Gasteiger partial charge in [0.1, 0.15) is 17.3 Å². The molecule has 3 aromatic rings. The van der Waals surface area contributed by atoms with Gasteiger partial charge in [0.15, 0.2) is 0 Å². The van der Waals surface area contributed by atoms with Crippen molar-refractivity contribution in [3.63, 3.8) is 0 Å². The standard InChI is InChI=1S/C14H12FN5/c1-20-14(16)12(9-2-4-17-5-3-9)13(19-20)10-6-11(15)8-18-7-10/h2-8H,16H2,1H3. The Balaban J connectivity index is 2.25. The van der Waals surface area contributed by atoms with Crippen molar-refractivity contribution in [2.75, 3.05) is 5.73 Å². The molecule has 0 aliphatic rings. The number of hydrogen-bond acceptors (Lipinski definition) is 4. The van der Waals surface area contributed by atoms with E-state index in [2.05, 4.69) is 15.1 Å². The van der Waals surface area contributed by atoms with Crippen molar-refractivity contribution in [1.82, 2.24) is 19.7 Å². The Hall–Kier alpha value is -2.76. The van der Waals surface area contributed by atoms with E-state index < -0.39 is 5.82 Å². The molecule has 3 heterocycles. The number of aromatic nitrogens is 4. The molecule has 0 aliphatic carbocycles. The SMILES string of the molecule is Cn1nc(-c2cncc(F)c2)c(-c2ccncc2)c1N. The number of halogens is 1. The molecule has 5 nitrogen and oxygen atoms in total. The van der Waals surface area contributed by atoms with Crippen molar-refractivity contribution in [2.45, 2.75) is 0 Å². The van der Waals surface area contributed by atoms with Gasteiger partial charge in [-0.2, -0.15) is 5.10 Å². The largest absolute Gasteiger partial charge is 0.383 e. The number of nitrogen functional groups attached to an aromatic ring is 1. The normalized spacial score (nSPS) is 10.7. The zero-order chi connectivity index (χ0) is 14.1. The Morgan fingerprint density at radius 2 is 1.85 bits per heavy atom. The van der Waals surface area contributed by atoms with Gasteiger partial charge in [-0.25, -0.2) is 4.39 Å². The number of aryl methyl sites for hydroxylation is 1. The number of pyridine rings is 2. The minimum Gasteiger partial charge on any atom is -0.383 e. The van der Waals surface area contributed by atoms with Crippen LogP contribution in [0.15, 0.2) is 43.0 Å². The van der Waals surface area contributed by atoms with Crippen molar-refractivity contribution in [3.8, 4) is 22.4 Å². The molecule has 0 amide bonds. The van der Waals surface area contributed by atoms with Crippen LogP contribution in [0, 0.1) is 5.82 Å². The third-order valence-electron chi connectivity index (χ3n) is 3.04. The summed E-state index contributed by atoms with van der Waals surface area (Å²) in [4.78, 5) is 7.84. The molecule has 20 heavy (non-hydrogen) atoms. The minimum atomic E-state index is -0.410. The smallest absolute Gasteiger partial charge is 0.142 e. The molecule has 0 aliphatic heterocycles. The summed E-state index contributed by atoms with van der Waals surface area (Å²) < 4.78 is 14.9. The molecule has 0 spiro atoms. The van der Waals surface area contributed by atoms with Crippen LogP contribution in [-0.2, 0) is 7.05 Å². The third kappa shape index (κ3) is 2.01. The Bertz CT molecular complexity index is 752. The van der Waals surface area contributed by atoms with Gasteiger partial charge in [0.05, 0.1) is 11.8 Å². The lowest BCUT2D eigenvalue weighted by Gasteiger charge is -2.03. The van der Waals surface area contributed by atoms with Gasteiger partial charge in [-0.05, 0) is 23.8 Å². The van der Waals surface area contributed by atoms with E-state index in [1.54, 1.807) is 30.3 Å². The van der Waals surface area contributed by atoms with Crippen molar-refractivity contribution >= 4 is 5.82 Å². The molecule has 0 fully saturated rings. The Morgan fingerprint density at radius 3 is 2.55 bits per heavy atom. The first-order valence-corrected chi connectivity index (χ1v) is 6.00. The van der Waals surface area contributed by atoms with Crippen LogP contribution in [-0.4, -0.2) is 19.7 Å². The Kier molecular flexibility index (Phi) is 2.90. The number of anilines is 1. The fourth-order valence-corrected chi connectivity index (χ4v) is 2.08. The molecule has 3 rings (SSSR count). The average Bonchev–Trinajstić information content (AvgIpc) is 2.76. The van der Waals surface area contributed by atoms with Gasteiger partial charge in [0.25, 0.3) is 0 Å². The summed E-state index contributed by atoms with van der Waals surface area (Å²) in [7, 11) is 1.75. The maximum atomic E-state index is 13.4. The fourth-order valence-electron chi connectivity index (χ4n) is 2.08. The van der Waals surface area contributed by atoms with Gasteiger partial charge >= 0.3 is 0 Å². The quantitative estimate of drug-likeness (QED) is 0.774. The van der Waals surface area contributed by atoms with Crippen LogP contribution in [0.25, 0.3) is 22.4 Å². The number of nitrogens with two attached hydrogens (primary N) is 1. The molecular formula is C14H12FN5. The second kappa shape index (κ2) is 4.73. The highest BCUT2D eigenvalue weighted by Gasteiger charge is 2.17. The van der Waals surface area contributed by atoms with Crippen LogP contribution < -0.4 is 5.73 Å². The maximum Gasteiger partial charge on any atom is 0.142 e. The molecule has 0 saturated carbocycles. The van der Waals surface area contributed by atoms with E-state index in [1.807, 2.05) is 12.1 Å². The maximum absolute atomic E-state index is 13.4. The van der Waals surface area contributed by atoms with Crippen molar-refractivity contribution in [1.29, 1.82) is 0 Å². The summed E-state index contributed by atoms with van der Waals surface area (Å²) in [6.07, 6.45) is 6.07. The zero-order valence-electron chi connectivity index (χ0n) is 10.8. The van der Waals surface area contributed by atoms with E-state index in [4.69, 9.17) is 5.73 Å². The Morgan fingerprint density at radius 1 is 1.10 bits per heavy atom. The summed E-state index contributed by atoms with van der Waals surface area (Å²) >= 11 is 0. The monoisotopic (exact) mass is 269 g/mol. The number of hydrogen-bond donors (Lipinski definition) is 1. The molecule has 2 N–H and O–H groups in total. The van der Waals surface area contributed by atoms with Crippen LogP contribution in [0.5, 0.6) is 0 Å². The summed E-state index contributed by atoms with van der Waals surface area (Å²) in [6, 6.07) is 5.06. The summed E-state index contributed by atoms with van der Waals surface area (Å²) in [5, 5.41) is 4.36. The summed E-state index contributed by atoms with van der Waals surface area (Å²) in [6.45, 7) is 0. The van der Waals surface area contributed by atoms with Gasteiger partial charge in [-0.15, -0.1) is 0 Å². The van der Waals surface area contributed by atoms with Crippen LogP contribution >= 0.6 is 0 Å². The van der Waals surface area contributed by atoms with Crippen LogP contribution in [0.2, 0.25) is 0 Å². The van der Waals surface area contributed by atoms with E-state index in [0.29, 0.717) is 17.1 Å². The fraction of sp³-hybridized carbons (Fsp3) is 0.0714. The van der Waals surface area contributed by atoms with Crippen molar-refractivity contribution in [3.05, 3.63) is 48.8 Å². The molecule has 0 atom stereocenters. The average molecular weight is 269 g/mol. The molecule has 0 aromatic carbocycles. The van der Waals surface area contributed by atoms with Gasteiger partial charge in [-0.1, -0.05) is 0 Å². The lowest BCUT2D eigenvalue weighted by atomic mass is 10.0. The van der Waals surface area contributed by atoms with E-state index in [9.17, 15) is 4.39 Å². The van der Waals surface area contributed by atoms with E-state index in [0.717, 1.165) is 17.3 Å². The third-order valence-corrected chi connectivity index (χ3v) is 3.04. The topological polar surface area (TPSA) is 69.6 Å². The van der Waals surface area contributed by atoms with Gasteiger partial charge < -0.3 is 5.73 Å². The molecular weight excluding hydrogens is 257 g/mol. The highest BCUT2D eigenvalue weighted by atomic mass is 19.1. The van der Waals surface area contributed by atoms with Gasteiger partial charge in [0.2, 0.25) is 0 Å². The molecule has 0 bridgehead atoms. The predicted octanol–water partition coefficient (Wildman–Crippen LogP) is 2.27. The second-order valence-electron chi connectivity index (χ2n) is 4.36. The predicted molar refractivity (Wildman–Crippen MR) is 74.0 cm³/mol. The molecule has 6 heteroatoms. The van der Waals surface area contributed by atoms with Crippen molar-refractivity contribution in [2.24, 2.45) is 7.05 Å². The number of rotatable bonds is 2. The summed E-state index contributed by atoms with van der Waals surface area (Å²) in [5.74, 6) is 0.0999. The lowest BCUT2D eigenvalue weighted by Crippen LogP contribution is -1.97. The molecule has 3 aromatic heterocycles. The van der Waals surface area contributed by atoms with Crippen molar-refractivity contribution < 1.29 is 4.39 Å². The van der Waals surface area contributed by atoms with Gasteiger partial charge in [0, 0.05) is 31.2 Å². The first-order chi connectivity index (χ1) is 9.66.